The summed E-state index contributed by atoms with van der Waals surface area (Å²) in [6.07, 6.45) is 0.393. The maximum Gasteiger partial charge on any atom is 0.325 e. The summed E-state index contributed by atoms with van der Waals surface area (Å²) in [6.45, 7) is 1.75. The first kappa shape index (κ1) is 13.6. The van der Waals surface area contributed by atoms with E-state index in [-0.39, 0.29) is 0 Å². The highest BCUT2D eigenvalue weighted by molar-refractivity contribution is 6.54. The summed E-state index contributed by atoms with van der Waals surface area (Å²) in [4.78, 5) is 11.0. The summed E-state index contributed by atoms with van der Waals surface area (Å²) >= 11 is 23.1. The molecule has 0 N–H and O–H groups in total. The molecule has 0 aliphatic carbocycles. The third-order valence-corrected chi connectivity index (χ3v) is 3.97. The lowest BCUT2D eigenvalue weighted by atomic mass is 10.2. The topological polar surface area (TPSA) is 26.3 Å². The molecule has 2 unspecified atom stereocenters. The van der Waals surface area contributed by atoms with E-state index in [4.69, 9.17) is 46.4 Å². The van der Waals surface area contributed by atoms with E-state index in [1.165, 1.54) is 7.11 Å². The fourth-order valence-electron chi connectivity index (χ4n) is 0.641. The van der Waals surface area contributed by atoms with Gasteiger partial charge >= 0.3 is 5.97 Å². The molecular formula is C7H10Cl4O2. The van der Waals surface area contributed by atoms with Crippen molar-refractivity contribution in [2.24, 2.45) is 0 Å². The number of rotatable bonds is 4. The van der Waals surface area contributed by atoms with Gasteiger partial charge < -0.3 is 4.74 Å². The van der Waals surface area contributed by atoms with Gasteiger partial charge in [0, 0.05) is 0 Å². The van der Waals surface area contributed by atoms with Crippen molar-refractivity contribution in [1.29, 1.82) is 0 Å². The second-order valence-corrected chi connectivity index (χ2v) is 4.92. The van der Waals surface area contributed by atoms with E-state index < -0.39 is 21.1 Å². The minimum atomic E-state index is -1.22. The molecule has 0 bridgehead atoms. The Morgan fingerprint density at radius 3 is 2.23 bits per heavy atom. The van der Waals surface area contributed by atoms with E-state index in [0.717, 1.165) is 0 Å². The maximum atomic E-state index is 11.0. The molecule has 6 heteroatoms. The lowest BCUT2D eigenvalue weighted by molar-refractivity contribution is -0.140. The number of hydrogen-bond acceptors (Lipinski definition) is 2. The first-order valence-electron chi connectivity index (χ1n) is 3.60. The van der Waals surface area contributed by atoms with Gasteiger partial charge in [0.15, 0.2) is 5.38 Å². The highest BCUT2D eigenvalue weighted by Gasteiger charge is 2.40. The second kappa shape index (κ2) is 5.50. The Morgan fingerprint density at radius 1 is 1.46 bits per heavy atom. The molecule has 78 valence electrons. The molecule has 0 aliphatic heterocycles. The minimum Gasteiger partial charge on any atom is -0.468 e. The van der Waals surface area contributed by atoms with E-state index in [1.54, 1.807) is 6.92 Å². The molecule has 0 fully saturated rings. The number of hydrogen-bond donors (Lipinski definition) is 0. The lowest BCUT2D eigenvalue weighted by Crippen LogP contribution is -2.38. The van der Waals surface area contributed by atoms with Gasteiger partial charge in [-0.1, -0.05) is 30.1 Å². The van der Waals surface area contributed by atoms with E-state index >= 15 is 0 Å². The van der Waals surface area contributed by atoms with Crippen LogP contribution in [0.2, 0.25) is 0 Å². The van der Waals surface area contributed by atoms with Gasteiger partial charge in [-0.15, -0.1) is 23.2 Å². The van der Waals surface area contributed by atoms with Crippen LogP contribution in [0.4, 0.5) is 0 Å². The maximum absolute atomic E-state index is 11.0. The van der Waals surface area contributed by atoms with Crippen LogP contribution in [0.1, 0.15) is 13.3 Å². The summed E-state index contributed by atoms with van der Waals surface area (Å²) in [5.74, 6) is -0.638. The molecule has 0 spiro atoms. The fourth-order valence-corrected chi connectivity index (χ4v) is 1.58. The lowest BCUT2D eigenvalue weighted by Gasteiger charge is -2.25. The summed E-state index contributed by atoms with van der Waals surface area (Å²) in [5.41, 5.74) is 0. The van der Waals surface area contributed by atoms with Crippen LogP contribution in [-0.4, -0.2) is 28.2 Å². The average molecular weight is 268 g/mol. The summed E-state index contributed by atoms with van der Waals surface area (Å²) in [7, 11) is 1.22. The number of esters is 1. The van der Waals surface area contributed by atoms with Gasteiger partial charge in [-0.25, -0.2) is 0 Å². The molecule has 0 aliphatic rings. The second-order valence-electron chi connectivity index (χ2n) is 2.44. The Morgan fingerprint density at radius 2 is 1.92 bits per heavy atom. The third-order valence-electron chi connectivity index (χ3n) is 1.56. The molecule has 2 nitrogen and oxygen atoms in total. The highest BCUT2D eigenvalue weighted by Crippen LogP contribution is 2.36. The molecule has 13 heavy (non-hydrogen) atoms. The van der Waals surface area contributed by atoms with E-state index in [9.17, 15) is 4.79 Å². The number of halogens is 4. The van der Waals surface area contributed by atoms with Crippen LogP contribution < -0.4 is 0 Å². The smallest absolute Gasteiger partial charge is 0.325 e. The van der Waals surface area contributed by atoms with Crippen molar-refractivity contribution in [2.75, 3.05) is 7.11 Å². The van der Waals surface area contributed by atoms with Crippen molar-refractivity contribution < 1.29 is 9.53 Å². The number of carbonyl (C=O) groups excluding carboxylic acids is 1. The van der Waals surface area contributed by atoms with Crippen LogP contribution in [0.25, 0.3) is 0 Å². The highest BCUT2D eigenvalue weighted by atomic mass is 35.5. The molecule has 0 radical (unpaired) electrons. The Hall–Kier alpha value is 0.630. The van der Waals surface area contributed by atoms with Gasteiger partial charge in [0.1, 0.15) is 4.33 Å². The van der Waals surface area contributed by atoms with Crippen molar-refractivity contribution in [1.82, 2.24) is 0 Å². The monoisotopic (exact) mass is 266 g/mol. The average Bonchev–Trinajstić information content (AvgIpc) is 2.14. The molecule has 0 rings (SSSR count). The van der Waals surface area contributed by atoms with E-state index in [1.807, 2.05) is 0 Å². The standard InChI is InChI=1S/C7H10Cl4O2/c1-3-7(10,11)5(9)4(8)6(12)13-2/h4-5H,3H2,1-2H3. The number of methoxy groups -OCH3 is 1. The Balaban J connectivity index is 4.41. The predicted molar refractivity (Wildman–Crippen MR) is 56.0 cm³/mol. The predicted octanol–water partition coefficient (Wildman–Crippen LogP) is 2.96. The van der Waals surface area contributed by atoms with Gasteiger partial charge in [0.25, 0.3) is 0 Å². The molecule has 0 aromatic heterocycles. The number of ether oxygens (including phenoxy) is 1. The van der Waals surface area contributed by atoms with Crippen molar-refractivity contribution in [3.05, 3.63) is 0 Å². The summed E-state index contributed by atoms with van der Waals surface area (Å²) < 4.78 is 3.18. The molecule has 0 amide bonds. The summed E-state index contributed by atoms with van der Waals surface area (Å²) in [5, 5.41) is -1.92. The zero-order valence-corrected chi connectivity index (χ0v) is 10.2. The number of alkyl halides is 4. The molecule has 0 saturated carbocycles. The molecule has 0 aromatic carbocycles. The van der Waals surface area contributed by atoms with Crippen molar-refractivity contribution in [2.45, 2.75) is 28.4 Å². The normalized spacial score (nSPS) is 16.5. The number of carbonyl (C=O) groups is 1. The molecule has 0 saturated heterocycles. The van der Waals surface area contributed by atoms with Crippen molar-refractivity contribution in [3.63, 3.8) is 0 Å². The Kier molecular flexibility index (Phi) is 5.76. The van der Waals surface area contributed by atoms with Crippen LogP contribution in [-0.2, 0) is 9.53 Å². The van der Waals surface area contributed by atoms with Crippen LogP contribution in [0.15, 0.2) is 0 Å². The zero-order valence-electron chi connectivity index (χ0n) is 7.19. The van der Waals surface area contributed by atoms with Gasteiger partial charge in [0.05, 0.1) is 12.5 Å². The van der Waals surface area contributed by atoms with Crippen LogP contribution in [0, 0.1) is 0 Å². The molecular weight excluding hydrogens is 258 g/mol. The quantitative estimate of drug-likeness (QED) is 0.578. The van der Waals surface area contributed by atoms with Crippen LogP contribution in [0.3, 0.4) is 0 Å². The third kappa shape index (κ3) is 3.70. The van der Waals surface area contributed by atoms with E-state index in [0.29, 0.717) is 6.42 Å². The fraction of sp³-hybridized carbons (Fsp3) is 0.857. The van der Waals surface area contributed by atoms with Gasteiger partial charge in [0.2, 0.25) is 0 Å². The SMILES string of the molecule is CCC(Cl)(Cl)C(Cl)C(Cl)C(=O)OC. The Bertz CT molecular complexity index is 183. The van der Waals surface area contributed by atoms with Gasteiger partial charge in [-0.05, 0) is 6.42 Å². The zero-order chi connectivity index (χ0) is 10.6. The molecule has 0 aromatic rings. The van der Waals surface area contributed by atoms with Crippen LogP contribution in [0.5, 0.6) is 0 Å². The van der Waals surface area contributed by atoms with Gasteiger partial charge in [-0.2, -0.15) is 0 Å². The van der Waals surface area contributed by atoms with E-state index in [2.05, 4.69) is 4.74 Å². The van der Waals surface area contributed by atoms with Crippen molar-refractivity contribution >= 4 is 52.4 Å². The first-order chi connectivity index (χ1) is 5.86. The largest absolute Gasteiger partial charge is 0.468 e. The summed E-state index contributed by atoms with van der Waals surface area (Å²) in [6, 6.07) is 0. The molecule has 0 heterocycles. The van der Waals surface area contributed by atoms with Crippen molar-refractivity contribution in [3.8, 4) is 0 Å². The first-order valence-corrected chi connectivity index (χ1v) is 5.23. The Labute approximate surface area is 97.4 Å². The molecule has 2 atom stereocenters. The van der Waals surface area contributed by atoms with Crippen LogP contribution >= 0.6 is 46.4 Å². The van der Waals surface area contributed by atoms with Gasteiger partial charge in [-0.3, -0.25) is 4.79 Å². The minimum absolute atomic E-state index is 0.393.